The minimum absolute atomic E-state index is 0.0206. The minimum Gasteiger partial charge on any atom is -0.448 e. The van der Waals surface area contributed by atoms with Gasteiger partial charge in [-0.1, -0.05) is 0 Å². The Hall–Kier alpha value is -2.76. The summed E-state index contributed by atoms with van der Waals surface area (Å²) < 4.78 is 10.5. The molecule has 0 saturated heterocycles. The Labute approximate surface area is 207 Å². The molecule has 0 unspecified atom stereocenters. The molecule has 178 valence electrons. The number of nitrogens with one attached hydrogen (secondary N) is 1. The number of fused-ring (bicyclic) bond motifs is 3. The van der Waals surface area contributed by atoms with Crippen LogP contribution in [-0.4, -0.2) is 36.4 Å². The molecule has 5 heterocycles. The summed E-state index contributed by atoms with van der Waals surface area (Å²) in [6.07, 6.45) is 0. The van der Waals surface area contributed by atoms with Crippen LogP contribution in [0.1, 0.15) is 29.3 Å². The van der Waals surface area contributed by atoms with Crippen molar-refractivity contribution in [2.45, 2.75) is 30.9 Å². The van der Waals surface area contributed by atoms with Crippen molar-refractivity contribution in [1.82, 2.24) is 24.0 Å². The third-order valence-electron chi connectivity index (χ3n) is 5.92. The van der Waals surface area contributed by atoms with E-state index < -0.39 is 5.69 Å². The lowest BCUT2D eigenvalue weighted by molar-refractivity contribution is -0.118. The topological polar surface area (TPSA) is 104 Å². The van der Waals surface area contributed by atoms with Crippen molar-refractivity contribution in [3.05, 3.63) is 60.7 Å². The van der Waals surface area contributed by atoms with Crippen molar-refractivity contribution >= 4 is 51.5 Å². The maximum absolute atomic E-state index is 13.5. The van der Waals surface area contributed by atoms with E-state index in [4.69, 9.17) is 16.0 Å². The predicted octanol–water partition coefficient (Wildman–Crippen LogP) is 3.06. The Balaban J connectivity index is 1.87. The lowest BCUT2D eigenvalue weighted by Crippen LogP contribution is -2.37. The van der Waals surface area contributed by atoms with E-state index in [0.29, 0.717) is 40.5 Å². The first-order chi connectivity index (χ1) is 16.2. The van der Waals surface area contributed by atoms with Crippen molar-refractivity contribution < 1.29 is 9.21 Å². The summed E-state index contributed by atoms with van der Waals surface area (Å²) >= 11 is 9.17. The lowest BCUT2D eigenvalue weighted by Gasteiger charge is -2.31. The number of thioether (sulfide) groups is 1. The summed E-state index contributed by atoms with van der Waals surface area (Å²) in [6, 6.07) is 3.48. The van der Waals surface area contributed by atoms with Gasteiger partial charge in [-0.3, -0.25) is 18.7 Å². The fraction of sp³-hybridized carbons (Fsp3) is 0.364. The monoisotopic (exact) mass is 519 g/mol. The highest BCUT2D eigenvalue weighted by atomic mass is 35.5. The summed E-state index contributed by atoms with van der Waals surface area (Å²) in [5, 5.41) is 5.85. The van der Waals surface area contributed by atoms with Crippen LogP contribution >= 0.6 is 34.7 Å². The highest BCUT2D eigenvalue weighted by Crippen LogP contribution is 2.49. The summed E-state index contributed by atoms with van der Waals surface area (Å²) in [4.78, 5) is 42.7. The fourth-order valence-corrected chi connectivity index (χ4v) is 6.86. The molecule has 34 heavy (non-hydrogen) atoms. The maximum atomic E-state index is 13.5. The molecule has 1 aliphatic rings. The van der Waals surface area contributed by atoms with Crippen LogP contribution in [0.15, 0.2) is 31.5 Å². The lowest BCUT2D eigenvalue weighted by atomic mass is 10.2. The van der Waals surface area contributed by atoms with Crippen LogP contribution in [-0.2, 0) is 25.4 Å². The van der Waals surface area contributed by atoms with Crippen LogP contribution in [0.4, 0.5) is 0 Å². The first-order valence-electron chi connectivity index (χ1n) is 10.6. The number of carbonyl (C=O) groups is 1. The van der Waals surface area contributed by atoms with E-state index in [0.717, 1.165) is 16.0 Å². The Morgan fingerprint density at radius 1 is 1.29 bits per heavy atom. The Morgan fingerprint density at radius 2 is 2.06 bits per heavy atom. The highest BCUT2D eigenvalue weighted by molar-refractivity contribution is 8.00. The average Bonchev–Trinajstić information content (AvgIpc) is 3.50. The zero-order valence-electron chi connectivity index (χ0n) is 18.9. The van der Waals surface area contributed by atoms with Crippen LogP contribution in [0.2, 0.25) is 5.22 Å². The predicted molar refractivity (Wildman–Crippen MR) is 134 cm³/mol. The third kappa shape index (κ3) is 3.62. The SMILES string of the molecule is CC(=O)NC[C@@H]1Cn2c(-c3nc(C)cs3)c3c(=O)n(C)c(=O)n(C)c3c2[C@H](c2ccc(Cl)o2)S1. The molecule has 0 aromatic carbocycles. The van der Waals surface area contributed by atoms with Gasteiger partial charge in [0.05, 0.1) is 22.3 Å². The van der Waals surface area contributed by atoms with E-state index in [1.165, 1.54) is 29.9 Å². The van der Waals surface area contributed by atoms with Crippen LogP contribution in [0.5, 0.6) is 0 Å². The minimum atomic E-state index is -0.408. The Bertz CT molecular complexity index is 1560. The van der Waals surface area contributed by atoms with Crippen molar-refractivity contribution in [2.75, 3.05) is 6.54 Å². The molecule has 1 aliphatic heterocycles. The zero-order valence-corrected chi connectivity index (χ0v) is 21.3. The number of thiazole rings is 1. The standard InChI is InChI=1S/C22H22ClN5O4S2/c1-10-9-33-20(25-10)17-15-16(26(3)22(31)27(4)21(15)30)18-19(13-5-6-14(23)32-13)34-12(8-28(17)18)7-24-11(2)29/h5-6,9,12,19H,7-8H2,1-4H3,(H,24,29)/t12-,19+/m1/s1. The number of nitrogens with zero attached hydrogens (tertiary/aromatic N) is 4. The molecule has 0 spiro atoms. The molecule has 4 aromatic heterocycles. The Morgan fingerprint density at radius 3 is 2.68 bits per heavy atom. The van der Waals surface area contributed by atoms with Crippen molar-refractivity contribution in [1.29, 1.82) is 0 Å². The number of rotatable bonds is 4. The van der Waals surface area contributed by atoms with Gasteiger partial charge in [-0.25, -0.2) is 9.78 Å². The molecule has 0 saturated carbocycles. The molecule has 0 radical (unpaired) electrons. The Kier molecular flexibility index (Phi) is 5.73. The first kappa shape index (κ1) is 23.0. The van der Waals surface area contributed by atoms with Gasteiger partial charge in [-0.15, -0.1) is 23.1 Å². The average molecular weight is 520 g/mol. The summed E-state index contributed by atoms with van der Waals surface area (Å²) in [5.74, 6) is 0.492. The molecule has 12 heteroatoms. The van der Waals surface area contributed by atoms with Crippen molar-refractivity contribution in [3.8, 4) is 10.7 Å². The molecule has 1 N–H and O–H groups in total. The third-order valence-corrected chi connectivity index (χ3v) is 8.52. The molecule has 2 atom stereocenters. The normalized spacial score (nSPS) is 17.8. The molecule has 9 nitrogen and oxygen atoms in total. The number of hydrogen-bond donors (Lipinski definition) is 1. The highest BCUT2D eigenvalue weighted by Gasteiger charge is 2.38. The van der Waals surface area contributed by atoms with Gasteiger partial charge in [-0.2, -0.15) is 0 Å². The smallest absolute Gasteiger partial charge is 0.331 e. The van der Waals surface area contributed by atoms with Gasteiger partial charge in [0.2, 0.25) is 5.91 Å². The van der Waals surface area contributed by atoms with E-state index in [1.54, 1.807) is 30.9 Å². The number of hydrogen-bond acceptors (Lipinski definition) is 7. The van der Waals surface area contributed by atoms with Gasteiger partial charge in [0.15, 0.2) is 5.22 Å². The van der Waals surface area contributed by atoms with Crippen LogP contribution in [0.25, 0.3) is 21.6 Å². The first-order valence-corrected chi connectivity index (χ1v) is 12.8. The molecule has 5 rings (SSSR count). The number of carbonyl (C=O) groups excluding carboxylic acids is 1. The second-order valence-corrected chi connectivity index (χ2v) is 10.9. The van der Waals surface area contributed by atoms with Gasteiger partial charge in [0.1, 0.15) is 16.0 Å². The molecule has 1 amide bonds. The molecule has 0 bridgehead atoms. The van der Waals surface area contributed by atoms with Crippen molar-refractivity contribution in [3.63, 3.8) is 0 Å². The van der Waals surface area contributed by atoms with Crippen LogP contribution in [0, 0.1) is 6.92 Å². The van der Waals surface area contributed by atoms with E-state index in [-0.39, 0.29) is 27.2 Å². The van der Waals surface area contributed by atoms with E-state index >= 15 is 0 Å². The van der Waals surface area contributed by atoms with Crippen LogP contribution in [0.3, 0.4) is 0 Å². The maximum Gasteiger partial charge on any atom is 0.331 e. The van der Waals surface area contributed by atoms with Gasteiger partial charge in [0, 0.05) is 50.4 Å². The summed E-state index contributed by atoms with van der Waals surface area (Å²) in [5.41, 5.74) is 2.08. The van der Waals surface area contributed by atoms with E-state index in [9.17, 15) is 14.4 Å². The number of aromatic nitrogens is 4. The second kappa shape index (κ2) is 8.47. The van der Waals surface area contributed by atoms with E-state index in [1.807, 2.05) is 12.3 Å². The quantitative estimate of drug-likeness (QED) is 0.444. The van der Waals surface area contributed by atoms with Gasteiger partial charge in [-0.05, 0) is 30.7 Å². The van der Waals surface area contributed by atoms with Gasteiger partial charge < -0.3 is 14.3 Å². The molecular weight excluding hydrogens is 498 g/mol. The number of aryl methyl sites for hydroxylation is 2. The summed E-state index contributed by atoms with van der Waals surface area (Å²) in [7, 11) is 3.15. The fourth-order valence-electron chi connectivity index (χ4n) is 4.43. The largest absolute Gasteiger partial charge is 0.448 e. The van der Waals surface area contributed by atoms with Gasteiger partial charge in [0.25, 0.3) is 5.56 Å². The summed E-state index contributed by atoms with van der Waals surface area (Å²) in [6.45, 7) is 4.34. The molecule has 4 aromatic rings. The second-order valence-electron chi connectivity index (χ2n) is 8.28. The van der Waals surface area contributed by atoms with Crippen LogP contribution < -0.4 is 16.6 Å². The molecule has 0 fully saturated rings. The number of halogens is 1. The van der Waals surface area contributed by atoms with Crippen molar-refractivity contribution in [2.24, 2.45) is 14.1 Å². The molecule has 0 aliphatic carbocycles. The molecular formula is C22H22ClN5O4S2. The zero-order chi connectivity index (χ0) is 24.3. The van der Waals surface area contributed by atoms with E-state index in [2.05, 4.69) is 14.9 Å². The van der Waals surface area contributed by atoms with Gasteiger partial charge >= 0.3 is 5.69 Å². The number of furan rings is 1. The number of amides is 1.